The van der Waals surface area contributed by atoms with Gasteiger partial charge in [0, 0.05) is 29.9 Å². The quantitative estimate of drug-likeness (QED) is 0.850. The molecule has 0 unspecified atom stereocenters. The van der Waals surface area contributed by atoms with Gasteiger partial charge in [0.05, 0.1) is 12.7 Å². The zero-order chi connectivity index (χ0) is 14.6. The highest BCUT2D eigenvalue weighted by molar-refractivity contribution is 5.98. The van der Waals surface area contributed by atoms with Gasteiger partial charge in [0.1, 0.15) is 0 Å². The van der Waals surface area contributed by atoms with E-state index in [0.29, 0.717) is 24.2 Å². The van der Waals surface area contributed by atoms with Crippen LogP contribution in [-0.2, 0) is 11.3 Å². The van der Waals surface area contributed by atoms with E-state index in [0.717, 1.165) is 24.2 Å². The van der Waals surface area contributed by atoms with Crippen LogP contribution in [0.25, 0.3) is 0 Å². The van der Waals surface area contributed by atoms with Crippen LogP contribution in [0.3, 0.4) is 0 Å². The van der Waals surface area contributed by atoms with E-state index in [1.165, 1.54) is 0 Å². The van der Waals surface area contributed by atoms with Gasteiger partial charge in [-0.2, -0.15) is 0 Å². The van der Waals surface area contributed by atoms with Gasteiger partial charge in [-0.15, -0.1) is 5.10 Å². The second-order valence-corrected chi connectivity index (χ2v) is 5.67. The first-order valence-corrected chi connectivity index (χ1v) is 6.91. The fourth-order valence-electron chi connectivity index (χ4n) is 2.79. The zero-order valence-corrected chi connectivity index (χ0v) is 11.6. The Kier molecular flexibility index (Phi) is 2.47. The third-order valence-corrected chi connectivity index (χ3v) is 4.12. The number of amides is 1. The average Bonchev–Trinajstić information content (AvgIpc) is 3.01. The number of rotatable bonds is 3. The molecule has 1 aliphatic heterocycles. The molecule has 4 rings (SSSR count). The predicted octanol–water partition coefficient (Wildman–Crippen LogP) is -0.0103. The highest BCUT2D eigenvalue weighted by atomic mass is 16.2. The third-order valence-electron chi connectivity index (χ3n) is 4.12. The van der Waals surface area contributed by atoms with Crippen molar-refractivity contribution in [3.63, 3.8) is 0 Å². The van der Waals surface area contributed by atoms with Crippen molar-refractivity contribution in [1.29, 1.82) is 0 Å². The summed E-state index contributed by atoms with van der Waals surface area (Å²) >= 11 is 0. The van der Waals surface area contributed by atoms with Crippen molar-refractivity contribution in [2.24, 2.45) is 11.8 Å². The summed E-state index contributed by atoms with van der Waals surface area (Å²) < 4.78 is 1.64. The molecule has 8 heteroatoms. The molecule has 2 aromatic rings. The number of anilines is 2. The first kappa shape index (κ1) is 12.2. The molecule has 0 radical (unpaired) electrons. The Bertz CT molecular complexity index is 725. The predicted molar refractivity (Wildman–Crippen MR) is 74.3 cm³/mol. The molecular weight excluding hydrogens is 270 g/mol. The van der Waals surface area contributed by atoms with Gasteiger partial charge >= 0.3 is 0 Å². The van der Waals surface area contributed by atoms with E-state index in [4.69, 9.17) is 5.73 Å². The highest BCUT2D eigenvalue weighted by Gasteiger charge is 2.53. The van der Waals surface area contributed by atoms with Crippen molar-refractivity contribution < 1.29 is 4.79 Å². The van der Waals surface area contributed by atoms with Gasteiger partial charge in [-0.05, 0) is 19.3 Å². The fourth-order valence-corrected chi connectivity index (χ4v) is 2.79. The lowest BCUT2D eigenvalue weighted by Gasteiger charge is -2.17. The SMILES string of the molecule is Cc1nc(N2C[C@H]3C[C@H]3C2=O)ncc1Cn1cc(N)nn1. The number of carbonyl (C=O) groups is 1. The van der Waals surface area contributed by atoms with Crippen LogP contribution in [0.5, 0.6) is 0 Å². The summed E-state index contributed by atoms with van der Waals surface area (Å²) in [5.41, 5.74) is 7.31. The van der Waals surface area contributed by atoms with Gasteiger partial charge in [0.2, 0.25) is 11.9 Å². The average molecular weight is 285 g/mol. The number of nitrogen functional groups attached to an aromatic ring is 1. The molecule has 0 aromatic carbocycles. The largest absolute Gasteiger partial charge is 0.381 e. The molecule has 2 N–H and O–H groups in total. The molecule has 108 valence electrons. The maximum absolute atomic E-state index is 12.0. The fraction of sp³-hybridized carbons (Fsp3) is 0.462. The standard InChI is InChI=1S/C13H15N7O/c1-7-9(4-19-6-11(14)17-18-19)3-15-13(16-7)20-5-8-2-10(8)12(20)21/h3,6,8,10H,2,4-5,14H2,1H3/t8-,10-/m1/s1. The minimum absolute atomic E-state index is 0.163. The number of hydrogen-bond donors (Lipinski definition) is 1. The van der Waals surface area contributed by atoms with Gasteiger partial charge < -0.3 is 5.73 Å². The lowest BCUT2D eigenvalue weighted by molar-refractivity contribution is -0.118. The summed E-state index contributed by atoms with van der Waals surface area (Å²) in [6, 6.07) is 0. The Morgan fingerprint density at radius 3 is 2.95 bits per heavy atom. The Morgan fingerprint density at radius 2 is 2.33 bits per heavy atom. The summed E-state index contributed by atoms with van der Waals surface area (Å²) in [5, 5.41) is 7.64. The van der Waals surface area contributed by atoms with Crippen LogP contribution in [-0.4, -0.2) is 37.4 Å². The van der Waals surface area contributed by atoms with Crippen LogP contribution in [0.1, 0.15) is 17.7 Å². The molecule has 8 nitrogen and oxygen atoms in total. The van der Waals surface area contributed by atoms with E-state index in [-0.39, 0.29) is 11.8 Å². The molecule has 1 saturated carbocycles. The minimum atomic E-state index is 0.163. The number of nitrogens with zero attached hydrogens (tertiary/aromatic N) is 6. The molecule has 2 fully saturated rings. The van der Waals surface area contributed by atoms with E-state index in [9.17, 15) is 4.79 Å². The van der Waals surface area contributed by atoms with E-state index in [1.54, 1.807) is 22.0 Å². The number of carbonyl (C=O) groups excluding carboxylic acids is 1. The zero-order valence-electron chi connectivity index (χ0n) is 11.6. The van der Waals surface area contributed by atoms with E-state index < -0.39 is 0 Å². The van der Waals surface area contributed by atoms with Gasteiger partial charge in [0.15, 0.2) is 5.82 Å². The molecule has 0 spiro atoms. The molecule has 2 atom stereocenters. The first-order chi connectivity index (χ1) is 10.1. The van der Waals surface area contributed by atoms with Crippen molar-refractivity contribution in [2.45, 2.75) is 19.9 Å². The number of hydrogen-bond acceptors (Lipinski definition) is 6. The summed E-state index contributed by atoms with van der Waals surface area (Å²) in [4.78, 5) is 22.5. The Labute approximate surface area is 121 Å². The van der Waals surface area contributed by atoms with Crippen LogP contribution < -0.4 is 10.6 Å². The minimum Gasteiger partial charge on any atom is -0.381 e. The monoisotopic (exact) mass is 285 g/mol. The van der Waals surface area contributed by atoms with Gasteiger partial charge in [-0.25, -0.2) is 14.6 Å². The molecular formula is C13H15N7O. The number of nitrogens with two attached hydrogens (primary N) is 1. The van der Waals surface area contributed by atoms with Crippen molar-refractivity contribution in [3.8, 4) is 0 Å². The molecule has 2 aliphatic rings. The van der Waals surface area contributed by atoms with Gasteiger partial charge in [0.25, 0.3) is 0 Å². The summed E-state index contributed by atoms with van der Waals surface area (Å²) in [6.45, 7) is 3.17. The molecule has 0 bridgehead atoms. The van der Waals surface area contributed by atoms with Gasteiger partial charge in [-0.1, -0.05) is 5.21 Å². The number of aromatic nitrogens is 5. The van der Waals surface area contributed by atoms with Crippen LogP contribution in [0.2, 0.25) is 0 Å². The van der Waals surface area contributed by atoms with Crippen LogP contribution in [0.4, 0.5) is 11.8 Å². The summed E-state index contributed by atoms with van der Waals surface area (Å²) in [5.74, 6) is 1.78. The second kappa shape index (κ2) is 4.24. The number of aryl methyl sites for hydroxylation is 1. The summed E-state index contributed by atoms with van der Waals surface area (Å²) in [7, 11) is 0. The van der Waals surface area contributed by atoms with Crippen LogP contribution >= 0.6 is 0 Å². The number of fused-ring (bicyclic) bond motifs is 1. The molecule has 1 saturated heterocycles. The molecule has 3 heterocycles. The maximum Gasteiger partial charge on any atom is 0.232 e. The van der Waals surface area contributed by atoms with Crippen molar-refractivity contribution >= 4 is 17.7 Å². The topological polar surface area (TPSA) is 103 Å². The Hall–Kier alpha value is -2.51. The number of piperidine rings is 1. The molecule has 21 heavy (non-hydrogen) atoms. The molecule has 1 amide bonds. The first-order valence-electron chi connectivity index (χ1n) is 6.91. The Balaban J connectivity index is 1.56. The van der Waals surface area contributed by atoms with Crippen LogP contribution in [0.15, 0.2) is 12.4 Å². The Morgan fingerprint density at radius 1 is 1.48 bits per heavy atom. The molecule has 1 aliphatic carbocycles. The van der Waals surface area contributed by atoms with Crippen molar-refractivity contribution in [3.05, 3.63) is 23.7 Å². The third kappa shape index (κ3) is 2.03. The highest BCUT2D eigenvalue weighted by Crippen LogP contribution is 2.46. The second-order valence-electron chi connectivity index (χ2n) is 5.67. The lowest BCUT2D eigenvalue weighted by atomic mass is 10.2. The van der Waals surface area contributed by atoms with E-state index in [1.807, 2.05) is 6.92 Å². The smallest absolute Gasteiger partial charge is 0.232 e. The van der Waals surface area contributed by atoms with Crippen molar-refractivity contribution in [1.82, 2.24) is 25.0 Å². The van der Waals surface area contributed by atoms with Gasteiger partial charge in [-0.3, -0.25) is 9.69 Å². The summed E-state index contributed by atoms with van der Waals surface area (Å²) in [6.07, 6.45) is 4.43. The van der Waals surface area contributed by atoms with E-state index >= 15 is 0 Å². The van der Waals surface area contributed by atoms with Crippen molar-refractivity contribution in [2.75, 3.05) is 17.2 Å². The lowest BCUT2D eigenvalue weighted by Crippen LogP contribution is -2.30. The van der Waals surface area contributed by atoms with E-state index in [2.05, 4.69) is 20.3 Å². The normalized spacial score (nSPS) is 23.5. The van der Waals surface area contributed by atoms with Crippen LogP contribution in [0, 0.1) is 18.8 Å². The molecule has 2 aromatic heterocycles. The maximum atomic E-state index is 12.0.